The summed E-state index contributed by atoms with van der Waals surface area (Å²) < 4.78 is 5.26. The van der Waals surface area contributed by atoms with Gasteiger partial charge in [-0.3, -0.25) is 14.8 Å². The summed E-state index contributed by atoms with van der Waals surface area (Å²) >= 11 is 0. The molecule has 0 unspecified atom stereocenters. The maximum absolute atomic E-state index is 11.7. The number of carbonyl (C=O) groups excluding carboxylic acids is 1. The Morgan fingerprint density at radius 1 is 1.59 bits per heavy atom. The third kappa shape index (κ3) is 3.54. The van der Waals surface area contributed by atoms with Crippen LogP contribution >= 0.6 is 0 Å². The zero-order chi connectivity index (χ0) is 12.1. The SMILES string of the molecule is Cc1cc(C(=O)NCCN2CCOCC2)[nH]n1. The average Bonchev–Trinajstić information content (AvgIpc) is 2.77. The number of rotatable bonds is 4. The third-order valence-electron chi connectivity index (χ3n) is 2.77. The van der Waals surface area contributed by atoms with E-state index in [1.54, 1.807) is 6.07 Å². The molecule has 6 nitrogen and oxygen atoms in total. The van der Waals surface area contributed by atoms with Crippen molar-refractivity contribution in [2.75, 3.05) is 39.4 Å². The lowest BCUT2D eigenvalue weighted by Crippen LogP contribution is -2.41. The number of hydrogen-bond donors (Lipinski definition) is 2. The van der Waals surface area contributed by atoms with Crippen molar-refractivity contribution < 1.29 is 9.53 Å². The molecule has 0 aliphatic carbocycles. The molecule has 0 bridgehead atoms. The van der Waals surface area contributed by atoms with E-state index >= 15 is 0 Å². The Labute approximate surface area is 100 Å². The molecule has 1 aliphatic rings. The molecule has 1 aromatic rings. The van der Waals surface area contributed by atoms with Gasteiger partial charge < -0.3 is 10.1 Å². The second-order valence-electron chi connectivity index (χ2n) is 4.13. The van der Waals surface area contributed by atoms with Crippen LogP contribution in [0.15, 0.2) is 6.07 Å². The molecule has 0 spiro atoms. The fraction of sp³-hybridized carbons (Fsp3) is 0.636. The molecule has 1 aromatic heterocycles. The molecular weight excluding hydrogens is 220 g/mol. The van der Waals surface area contributed by atoms with Crippen molar-refractivity contribution >= 4 is 5.91 Å². The van der Waals surface area contributed by atoms with Crippen molar-refractivity contribution in [3.8, 4) is 0 Å². The number of ether oxygens (including phenoxy) is 1. The smallest absolute Gasteiger partial charge is 0.269 e. The fourth-order valence-electron chi connectivity index (χ4n) is 1.79. The number of H-pyrrole nitrogens is 1. The molecule has 0 atom stereocenters. The van der Waals surface area contributed by atoms with Gasteiger partial charge in [0.25, 0.3) is 5.91 Å². The van der Waals surface area contributed by atoms with Crippen LogP contribution < -0.4 is 5.32 Å². The first kappa shape index (κ1) is 12.1. The Balaban J connectivity index is 1.69. The standard InChI is InChI=1S/C11H18N4O2/c1-9-8-10(14-13-9)11(16)12-2-3-15-4-6-17-7-5-15/h8H,2-7H2,1H3,(H,12,16)(H,13,14). The predicted octanol–water partition coefficient (Wildman–Crippen LogP) is -0.220. The van der Waals surface area contributed by atoms with Crippen molar-refractivity contribution in [2.24, 2.45) is 0 Å². The first-order valence-electron chi connectivity index (χ1n) is 5.86. The van der Waals surface area contributed by atoms with Gasteiger partial charge in [-0.2, -0.15) is 5.10 Å². The van der Waals surface area contributed by atoms with E-state index in [0.29, 0.717) is 12.2 Å². The maximum Gasteiger partial charge on any atom is 0.269 e. The lowest BCUT2D eigenvalue weighted by molar-refractivity contribution is 0.0383. The summed E-state index contributed by atoms with van der Waals surface area (Å²) in [5.74, 6) is -0.0983. The molecule has 6 heteroatoms. The minimum Gasteiger partial charge on any atom is -0.379 e. The topological polar surface area (TPSA) is 70.2 Å². The number of aromatic nitrogens is 2. The van der Waals surface area contributed by atoms with E-state index in [1.807, 2.05) is 6.92 Å². The monoisotopic (exact) mass is 238 g/mol. The van der Waals surface area contributed by atoms with Gasteiger partial charge in [0.15, 0.2) is 0 Å². The van der Waals surface area contributed by atoms with E-state index in [9.17, 15) is 4.79 Å². The average molecular weight is 238 g/mol. The molecule has 0 saturated carbocycles. The van der Waals surface area contributed by atoms with Gasteiger partial charge in [0.1, 0.15) is 5.69 Å². The van der Waals surface area contributed by atoms with Crippen molar-refractivity contribution in [1.29, 1.82) is 0 Å². The third-order valence-corrected chi connectivity index (χ3v) is 2.77. The summed E-state index contributed by atoms with van der Waals surface area (Å²) in [6.45, 7) is 6.82. The van der Waals surface area contributed by atoms with Crippen LogP contribution in [0.4, 0.5) is 0 Å². The maximum atomic E-state index is 11.7. The molecule has 2 heterocycles. The van der Waals surface area contributed by atoms with Gasteiger partial charge in [-0.1, -0.05) is 0 Å². The molecule has 17 heavy (non-hydrogen) atoms. The molecule has 1 aliphatic heterocycles. The summed E-state index contributed by atoms with van der Waals surface area (Å²) in [5.41, 5.74) is 1.34. The van der Waals surface area contributed by atoms with Crippen molar-refractivity contribution in [3.63, 3.8) is 0 Å². The van der Waals surface area contributed by atoms with Crippen LogP contribution in [0.1, 0.15) is 16.2 Å². The van der Waals surface area contributed by atoms with Gasteiger partial charge in [-0.15, -0.1) is 0 Å². The number of aryl methyl sites for hydroxylation is 1. The predicted molar refractivity (Wildman–Crippen MR) is 62.9 cm³/mol. The van der Waals surface area contributed by atoms with E-state index in [-0.39, 0.29) is 5.91 Å². The minimum atomic E-state index is -0.0983. The number of aromatic amines is 1. The summed E-state index contributed by atoms with van der Waals surface area (Å²) in [4.78, 5) is 14.0. The van der Waals surface area contributed by atoms with E-state index in [4.69, 9.17) is 4.74 Å². The highest BCUT2D eigenvalue weighted by Gasteiger charge is 2.11. The molecule has 94 valence electrons. The Morgan fingerprint density at radius 2 is 2.35 bits per heavy atom. The Hall–Kier alpha value is -1.40. The van der Waals surface area contributed by atoms with Crippen LogP contribution in [0.2, 0.25) is 0 Å². The highest BCUT2D eigenvalue weighted by atomic mass is 16.5. The van der Waals surface area contributed by atoms with Gasteiger partial charge in [0.05, 0.1) is 18.9 Å². The van der Waals surface area contributed by atoms with Gasteiger partial charge >= 0.3 is 0 Å². The summed E-state index contributed by atoms with van der Waals surface area (Å²) in [6, 6.07) is 1.74. The van der Waals surface area contributed by atoms with Crippen LogP contribution in [0.5, 0.6) is 0 Å². The Bertz CT molecular complexity index is 371. The first-order valence-corrected chi connectivity index (χ1v) is 5.86. The minimum absolute atomic E-state index is 0.0983. The van der Waals surface area contributed by atoms with Gasteiger partial charge in [-0.25, -0.2) is 0 Å². The van der Waals surface area contributed by atoms with Crippen molar-refractivity contribution in [2.45, 2.75) is 6.92 Å². The number of hydrogen-bond acceptors (Lipinski definition) is 4. The Morgan fingerprint density at radius 3 is 3.00 bits per heavy atom. The molecule has 1 fully saturated rings. The van der Waals surface area contributed by atoms with E-state index in [1.165, 1.54) is 0 Å². The second-order valence-corrected chi connectivity index (χ2v) is 4.13. The molecule has 0 radical (unpaired) electrons. The molecule has 2 rings (SSSR count). The quantitative estimate of drug-likeness (QED) is 0.761. The van der Waals surface area contributed by atoms with Crippen LogP contribution in [0.3, 0.4) is 0 Å². The van der Waals surface area contributed by atoms with E-state index in [2.05, 4.69) is 20.4 Å². The van der Waals surface area contributed by atoms with Crippen molar-refractivity contribution in [1.82, 2.24) is 20.4 Å². The highest BCUT2D eigenvalue weighted by Crippen LogP contribution is 1.98. The Kier molecular flexibility index (Phi) is 4.11. The van der Waals surface area contributed by atoms with Crippen LogP contribution in [0, 0.1) is 6.92 Å². The first-order chi connectivity index (χ1) is 8.25. The number of nitrogens with one attached hydrogen (secondary N) is 2. The molecule has 0 aromatic carbocycles. The number of nitrogens with zero attached hydrogens (tertiary/aromatic N) is 2. The summed E-state index contributed by atoms with van der Waals surface area (Å²) in [6.07, 6.45) is 0. The molecule has 1 amide bonds. The largest absolute Gasteiger partial charge is 0.379 e. The zero-order valence-corrected chi connectivity index (χ0v) is 10.0. The van der Waals surface area contributed by atoms with Gasteiger partial charge in [-0.05, 0) is 13.0 Å². The highest BCUT2D eigenvalue weighted by molar-refractivity contribution is 5.92. The van der Waals surface area contributed by atoms with Crippen LogP contribution in [-0.4, -0.2) is 60.4 Å². The van der Waals surface area contributed by atoms with Gasteiger partial charge in [0.2, 0.25) is 0 Å². The zero-order valence-electron chi connectivity index (χ0n) is 10.0. The second kappa shape index (κ2) is 5.79. The molecule has 2 N–H and O–H groups in total. The lowest BCUT2D eigenvalue weighted by Gasteiger charge is -2.26. The van der Waals surface area contributed by atoms with Crippen LogP contribution in [0.25, 0.3) is 0 Å². The van der Waals surface area contributed by atoms with Gasteiger partial charge in [0, 0.05) is 26.2 Å². The number of carbonyl (C=O) groups is 1. The normalized spacial score (nSPS) is 17.0. The number of amides is 1. The molecular formula is C11H18N4O2. The molecule has 1 saturated heterocycles. The lowest BCUT2D eigenvalue weighted by atomic mass is 10.3. The van der Waals surface area contributed by atoms with Crippen LogP contribution in [-0.2, 0) is 4.74 Å². The fourth-order valence-corrected chi connectivity index (χ4v) is 1.79. The van der Waals surface area contributed by atoms with Crippen molar-refractivity contribution in [3.05, 3.63) is 17.5 Å². The summed E-state index contributed by atoms with van der Waals surface area (Å²) in [5, 5.41) is 9.49. The van der Waals surface area contributed by atoms with E-state index in [0.717, 1.165) is 38.5 Å². The summed E-state index contributed by atoms with van der Waals surface area (Å²) in [7, 11) is 0. The number of morpholine rings is 1. The van der Waals surface area contributed by atoms with E-state index < -0.39 is 0 Å².